The third kappa shape index (κ3) is 4.91. The van der Waals surface area contributed by atoms with Crippen LogP contribution in [0.3, 0.4) is 0 Å². The van der Waals surface area contributed by atoms with E-state index in [-0.39, 0.29) is 0 Å². The number of aromatic nitrogens is 3. The van der Waals surface area contributed by atoms with Gasteiger partial charge < -0.3 is 4.90 Å². The summed E-state index contributed by atoms with van der Waals surface area (Å²) in [4.78, 5) is 7.44. The number of piperidine rings is 1. The van der Waals surface area contributed by atoms with Crippen molar-refractivity contribution in [3.63, 3.8) is 0 Å². The number of hydrogen-bond acceptors (Lipinski definition) is 3. The molecule has 1 aliphatic rings. The van der Waals surface area contributed by atoms with Crippen molar-refractivity contribution in [2.45, 2.75) is 46.5 Å². The molecular formula is C32H36N4. The molecule has 184 valence electrons. The number of fused-ring (bicyclic) bond motifs is 2. The highest BCUT2D eigenvalue weighted by Gasteiger charge is 2.13. The van der Waals surface area contributed by atoms with Gasteiger partial charge in [0.05, 0.1) is 6.20 Å². The lowest BCUT2D eigenvalue weighted by molar-refractivity contribution is 0.231. The lowest BCUT2D eigenvalue weighted by Gasteiger charge is -2.26. The Labute approximate surface area is 214 Å². The molecule has 0 amide bonds. The predicted octanol–water partition coefficient (Wildman–Crippen LogP) is 7.58. The van der Waals surface area contributed by atoms with Crippen LogP contribution in [0.1, 0.15) is 44.2 Å². The zero-order chi connectivity index (χ0) is 24.9. The Morgan fingerprint density at radius 3 is 2.28 bits per heavy atom. The highest BCUT2D eigenvalue weighted by molar-refractivity contribution is 6.01. The summed E-state index contributed by atoms with van der Waals surface area (Å²) in [6, 6.07) is 21.9. The van der Waals surface area contributed by atoms with Gasteiger partial charge in [-0.15, -0.1) is 0 Å². The molecule has 3 aromatic carbocycles. The molecule has 4 nitrogen and oxygen atoms in total. The fourth-order valence-corrected chi connectivity index (χ4v) is 5.23. The second-order valence-corrected chi connectivity index (χ2v) is 9.49. The standard InChI is InChI=1S/C30H30N4.C2H6/c1-22-9-14-28(27-8-4-3-7-26(22)27)29-20-32-34-21-25(19-31-30(29)34)24-12-10-23(11-13-24)15-18-33-16-5-2-6-17-33;1-2/h3-4,7-14,19-21H,2,5-6,15-18H2,1H3;1-2H3. The first-order chi connectivity index (χ1) is 17.8. The van der Waals surface area contributed by atoms with Crippen molar-refractivity contribution in [3.05, 3.63) is 90.4 Å². The van der Waals surface area contributed by atoms with Gasteiger partial charge in [-0.05, 0) is 72.3 Å². The van der Waals surface area contributed by atoms with Crippen molar-refractivity contribution in [3.8, 4) is 22.3 Å². The molecule has 2 aromatic heterocycles. The summed E-state index contributed by atoms with van der Waals surface area (Å²) in [5.41, 5.74) is 8.06. The minimum atomic E-state index is 0.885. The fourth-order valence-electron chi connectivity index (χ4n) is 5.23. The third-order valence-electron chi connectivity index (χ3n) is 7.24. The monoisotopic (exact) mass is 476 g/mol. The van der Waals surface area contributed by atoms with Crippen molar-refractivity contribution in [1.82, 2.24) is 19.5 Å². The Morgan fingerprint density at radius 1 is 0.750 bits per heavy atom. The Hall–Kier alpha value is -3.50. The van der Waals surface area contributed by atoms with E-state index in [0.29, 0.717) is 0 Å². The Balaban J connectivity index is 0.00000130. The average Bonchev–Trinajstić information content (AvgIpc) is 3.37. The summed E-state index contributed by atoms with van der Waals surface area (Å²) in [6.07, 6.45) is 11.2. The summed E-state index contributed by atoms with van der Waals surface area (Å²) < 4.78 is 1.91. The van der Waals surface area contributed by atoms with Crippen molar-refractivity contribution >= 4 is 16.4 Å². The molecule has 0 N–H and O–H groups in total. The number of likely N-dealkylation sites (tertiary alicyclic amines) is 1. The summed E-state index contributed by atoms with van der Waals surface area (Å²) >= 11 is 0. The number of rotatable bonds is 5. The van der Waals surface area contributed by atoms with Crippen LogP contribution in [0.4, 0.5) is 0 Å². The van der Waals surface area contributed by atoms with Crippen LogP contribution in [0.25, 0.3) is 38.7 Å². The normalized spacial score (nSPS) is 14.1. The number of hydrogen-bond donors (Lipinski definition) is 0. The second-order valence-electron chi connectivity index (χ2n) is 9.49. The van der Waals surface area contributed by atoms with Crippen molar-refractivity contribution in [2.24, 2.45) is 0 Å². The summed E-state index contributed by atoms with van der Waals surface area (Å²) in [6.45, 7) is 9.84. The van der Waals surface area contributed by atoms with Gasteiger partial charge in [0.2, 0.25) is 0 Å². The quantitative estimate of drug-likeness (QED) is 0.262. The minimum Gasteiger partial charge on any atom is -0.303 e. The van der Waals surface area contributed by atoms with Gasteiger partial charge in [-0.25, -0.2) is 9.50 Å². The van der Waals surface area contributed by atoms with Crippen LogP contribution in [-0.2, 0) is 6.42 Å². The number of benzene rings is 3. The van der Waals surface area contributed by atoms with E-state index < -0.39 is 0 Å². The number of aryl methyl sites for hydroxylation is 1. The van der Waals surface area contributed by atoms with E-state index in [1.165, 1.54) is 65.4 Å². The van der Waals surface area contributed by atoms with E-state index in [9.17, 15) is 0 Å². The van der Waals surface area contributed by atoms with Crippen LogP contribution in [0.2, 0.25) is 0 Å². The molecule has 0 saturated carbocycles. The molecule has 0 radical (unpaired) electrons. The van der Waals surface area contributed by atoms with Crippen molar-refractivity contribution in [1.29, 1.82) is 0 Å². The number of nitrogens with zero attached hydrogens (tertiary/aromatic N) is 4. The highest BCUT2D eigenvalue weighted by atomic mass is 15.2. The van der Waals surface area contributed by atoms with Crippen LogP contribution in [0, 0.1) is 6.92 Å². The van der Waals surface area contributed by atoms with Crippen LogP contribution in [-0.4, -0.2) is 39.1 Å². The second kappa shape index (κ2) is 11.0. The summed E-state index contributed by atoms with van der Waals surface area (Å²) in [5.74, 6) is 0. The Morgan fingerprint density at radius 2 is 1.50 bits per heavy atom. The minimum absolute atomic E-state index is 0.885. The Bertz CT molecular complexity index is 1440. The van der Waals surface area contributed by atoms with E-state index in [1.54, 1.807) is 0 Å². The van der Waals surface area contributed by atoms with Gasteiger partial charge in [0.1, 0.15) is 0 Å². The first-order valence-corrected chi connectivity index (χ1v) is 13.4. The zero-order valence-corrected chi connectivity index (χ0v) is 21.7. The molecule has 0 spiro atoms. The maximum Gasteiger partial charge on any atom is 0.162 e. The van der Waals surface area contributed by atoms with Crippen LogP contribution < -0.4 is 0 Å². The molecule has 1 saturated heterocycles. The highest BCUT2D eigenvalue weighted by Crippen LogP contribution is 2.33. The Kier molecular flexibility index (Phi) is 7.43. The van der Waals surface area contributed by atoms with Crippen LogP contribution in [0.5, 0.6) is 0 Å². The zero-order valence-electron chi connectivity index (χ0n) is 21.7. The van der Waals surface area contributed by atoms with Gasteiger partial charge in [0.25, 0.3) is 0 Å². The van der Waals surface area contributed by atoms with Crippen molar-refractivity contribution in [2.75, 3.05) is 19.6 Å². The molecule has 0 unspecified atom stereocenters. The van der Waals surface area contributed by atoms with Crippen LogP contribution >= 0.6 is 0 Å². The van der Waals surface area contributed by atoms with Gasteiger partial charge in [-0.2, -0.15) is 5.10 Å². The maximum atomic E-state index is 4.84. The smallest absolute Gasteiger partial charge is 0.162 e. The van der Waals surface area contributed by atoms with E-state index in [2.05, 4.69) is 83.8 Å². The SMILES string of the molecule is CC.Cc1ccc(-c2cnn3cc(-c4ccc(CCN5CCCCC5)cc4)cnc23)c2ccccc12. The molecule has 36 heavy (non-hydrogen) atoms. The molecule has 0 aliphatic carbocycles. The molecule has 0 atom stereocenters. The molecule has 4 heteroatoms. The van der Waals surface area contributed by atoms with E-state index in [0.717, 1.165) is 29.7 Å². The van der Waals surface area contributed by atoms with Gasteiger partial charge in [-0.1, -0.05) is 80.9 Å². The van der Waals surface area contributed by atoms with E-state index in [4.69, 9.17) is 4.98 Å². The first-order valence-electron chi connectivity index (χ1n) is 13.4. The first kappa shape index (κ1) is 24.2. The molecule has 5 aromatic rings. The molecule has 3 heterocycles. The molecule has 1 aliphatic heterocycles. The van der Waals surface area contributed by atoms with Gasteiger partial charge in [0, 0.05) is 30.1 Å². The molecule has 0 bridgehead atoms. The van der Waals surface area contributed by atoms with Crippen molar-refractivity contribution < 1.29 is 0 Å². The van der Waals surface area contributed by atoms with E-state index in [1.807, 2.05) is 30.8 Å². The molecule has 6 rings (SSSR count). The molecule has 1 fully saturated rings. The predicted molar refractivity (Wildman–Crippen MR) is 151 cm³/mol. The lowest BCUT2D eigenvalue weighted by atomic mass is 9.97. The maximum absolute atomic E-state index is 4.84. The van der Waals surface area contributed by atoms with Gasteiger partial charge >= 0.3 is 0 Å². The lowest BCUT2D eigenvalue weighted by Crippen LogP contribution is -2.31. The average molecular weight is 477 g/mol. The largest absolute Gasteiger partial charge is 0.303 e. The van der Waals surface area contributed by atoms with Gasteiger partial charge in [-0.3, -0.25) is 0 Å². The topological polar surface area (TPSA) is 33.4 Å². The summed E-state index contributed by atoms with van der Waals surface area (Å²) in [5, 5.41) is 7.17. The summed E-state index contributed by atoms with van der Waals surface area (Å²) in [7, 11) is 0. The van der Waals surface area contributed by atoms with Gasteiger partial charge in [0.15, 0.2) is 5.65 Å². The van der Waals surface area contributed by atoms with Crippen LogP contribution in [0.15, 0.2) is 79.3 Å². The fraction of sp³-hybridized carbons (Fsp3) is 0.312. The third-order valence-corrected chi connectivity index (χ3v) is 7.24. The molecular weight excluding hydrogens is 440 g/mol. The van der Waals surface area contributed by atoms with E-state index >= 15 is 0 Å².